The van der Waals surface area contributed by atoms with E-state index >= 15 is 0 Å². The zero-order valence-electron chi connectivity index (χ0n) is 16.8. The van der Waals surface area contributed by atoms with Crippen LogP contribution in [0.3, 0.4) is 0 Å². The summed E-state index contributed by atoms with van der Waals surface area (Å²) < 4.78 is 30.8. The highest BCUT2D eigenvalue weighted by atomic mass is 32.2. The molecule has 0 aliphatic rings. The Balaban J connectivity index is 1.83. The molecule has 0 bridgehead atoms. The van der Waals surface area contributed by atoms with Crippen LogP contribution in [0.2, 0.25) is 0 Å². The number of hydrogen-bond donors (Lipinski definition) is 0. The van der Waals surface area contributed by atoms with Gasteiger partial charge in [0.25, 0.3) is 0 Å². The van der Waals surface area contributed by atoms with Gasteiger partial charge in [-0.05, 0) is 43.0 Å². The van der Waals surface area contributed by atoms with Crippen LogP contribution in [0, 0.1) is 0 Å². The van der Waals surface area contributed by atoms with E-state index in [-0.39, 0.29) is 10.9 Å². The first-order chi connectivity index (χ1) is 14.5. The van der Waals surface area contributed by atoms with Crippen molar-refractivity contribution in [2.24, 2.45) is 0 Å². The second-order valence-electron chi connectivity index (χ2n) is 7.23. The van der Waals surface area contributed by atoms with Gasteiger partial charge in [-0.2, -0.15) is 9.40 Å². The maximum absolute atomic E-state index is 13.8. The molecule has 2 aromatic heterocycles. The Bertz CT molecular complexity index is 1200. The predicted molar refractivity (Wildman–Crippen MR) is 121 cm³/mol. The molecule has 0 fully saturated rings. The third-order valence-electron chi connectivity index (χ3n) is 4.80. The molecule has 0 saturated carbocycles. The normalized spacial score (nSPS) is 12.0. The highest BCUT2D eigenvalue weighted by Gasteiger charge is 2.32. The molecule has 154 valence electrons. The Hall–Kier alpha value is -2.74. The van der Waals surface area contributed by atoms with Crippen LogP contribution in [0.1, 0.15) is 19.4 Å². The summed E-state index contributed by atoms with van der Waals surface area (Å²) in [7, 11) is -3.79. The van der Waals surface area contributed by atoms with E-state index in [1.54, 1.807) is 10.9 Å². The van der Waals surface area contributed by atoms with E-state index in [0.29, 0.717) is 12.2 Å². The summed E-state index contributed by atoms with van der Waals surface area (Å²) in [5.41, 5.74) is 2.24. The van der Waals surface area contributed by atoms with E-state index < -0.39 is 10.0 Å². The van der Waals surface area contributed by atoms with Crippen molar-refractivity contribution >= 4 is 21.4 Å². The molecule has 30 heavy (non-hydrogen) atoms. The maximum Gasteiger partial charge on any atom is 0.247 e. The van der Waals surface area contributed by atoms with Gasteiger partial charge in [0.05, 0.1) is 16.8 Å². The first kappa shape index (κ1) is 20.5. The van der Waals surface area contributed by atoms with Gasteiger partial charge in [0, 0.05) is 12.6 Å². The number of rotatable bonds is 7. The lowest BCUT2D eigenvalue weighted by Gasteiger charge is -2.25. The van der Waals surface area contributed by atoms with Crippen LogP contribution in [0.4, 0.5) is 0 Å². The largest absolute Gasteiger partial charge is 0.247 e. The zero-order chi connectivity index (χ0) is 21.1. The molecule has 0 spiro atoms. The summed E-state index contributed by atoms with van der Waals surface area (Å²) in [5, 5.41) is 6.59. The molecule has 5 nitrogen and oxygen atoms in total. The molecule has 4 aromatic rings. The SMILES string of the molecule is CC(C)N(Cc1ccccc1)S(=O)(=O)c1cn(-c2ccccc2)nc1-c1cccs1. The number of aromatic nitrogens is 2. The smallest absolute Gasteiger partial charge is 0.239 e. The van der Waals surface area contributed by atoms with Crippen LogP contribution in [0.5, 0.6) is 0 Å². The van der Waals surface area contributed by atoms with Gasteiger partial charge in [-0.1, -0.05) is 54.6 Å². The standard InChI is InChI=1S/C23H23N3O2S2/c1-18(2)26(16-19-10-5-3-6-11-19)30(27,28)22-17-25(20-12-7-4-8-13-20)24-23(22)21-14-9-15-29-21/h3-15,17-18H,16H2,1-2H3. The van der Waals surface area contributed by atoms with Crippen LogP contribution in [0.15, 0.2) is 89.3 Å². The van der Waals surface area contributed by atoms with Crippen molar-refractivity contribution in [3.05, 3.63) is 89.9 Å². The van der Waals surface area contributed by atoms with Crippen molar-refractivity contribution in [3.63, 3.8) is 0 Å². The van der Waals surface area contributed by atoms with Gasteiger partial charge in [0.1, 0.15) is 10.6 Å². The zero-order valence-corrected chi connectivity index (χ0v) is 18.5. The quantitative estimate of drug-likeness (QED) is 0.399. The molecule has 2 aromatic carbocycles. The number of para-hydroxylation sites is 1. The lowest BCUT2D eigenvalue weighted by atomic mass is 10.2. The molecule has 4 rings (SSSR count). The molecule has 2 heterocycles. The average molecular weight is 438 g/mol. The molecule has 0 aliphatic heterocycles. The van der Waals surface area contributed by atoms with Crippen LogP contribution in [-0.4, -0.2) is 28.5 Å². The van der Waals surface area contributed by atoms with E-state index in [1.165, 1.54) is 15.6 Å². The number of sulfonamides is 1. The predicted octanol–water partition coefficient (Wildman–Crippen LogP) is 5.20. The lowest BCUT2D eigenvalue weighted by molar-refractivity contribution is 0.348. The summed E-state index contributed by atoms with van der Waals surface area (Å²) in [6, 6.07) is 22.8. The molecule has 0 atom stereocenters. The van der Waals surface area contributed by atoms with Gasteiger partial charge in [0.15, 0.2) is 0 Å². The van der Waals surface area contributed by atoms with Crippen LogP contribution < -0.4 is 0 Å². The number of hydrogen-bond acceptors (Lipinski definition) is 4. The van der Waals surface area contributed by atoms with Crippen molar-refractivity contribution in [2.75, 3.05) is 0 Å². The fourth-order valence-electron chi connectivity index (χ4n) is 3.28. The summed E-state index contributed by atoms with van der Waals surface area (Å²) in [5.74, 6) is 0. The molecule has 0 amide bonds. The molecule has 0 N–H and O–H groups in total. The van der Waals surface area contributed by atoms with E-state index in [4.69, 9.17) is 0 Å². The summed E-state index contributed by atoms with van der Waals surface area (Å²) in [6.07, 6.45) is 1.63. The second kappa shape index (κ2) is 8.55. The van der Waals surface area contributed by atoms with Gasteiger partial charge in [-0.25, -0.2) is 13.1 Å². The van der Waals surface area contributed by atoms with Gasteiger partial charge in [-0.15, -0.1) is 11.3 Å². The van der Waals surface area contributed by atoms with Gasteiger partial charge < -0.3 is 0 Å². The Kier molecular flexibility index (Phi) is 5.85. The second-order valence-corrected chi connectivity index (χ2v) is 10.0. The third kappa shape index (κ3) is 4.09. The number of benzene rings is 2. The Labute approximate surface area is 181 Å². The highest BCUT2D eigenvalue weighted by molar-refractivity contribution is 7.89. The first-order valence-corrected chi connectivity index (χ1v) is 12.0. The number of thiophene rings is 1. The van der Waals surface area contributed by atoms with Crippen molar-refractivity contribution < 1.29 is 8.42 Å². The third-order valence-corrected chi connectivity index (χ3v) is 7.70. The van der Waals surface area contributed by atoms with Crippen LogP contribution in [-0.2, 0) is 16.6 Å². The highest BCUT2D eigenvalue weighted by Crippen LogP contribution is 2.33. The number of nitrogens with zero attached hydrogens (tertiary/aromatic N) is 3. The molecule has 7 heteroatoms. The minimum absolute atomic E-state index is 0.202. The summed E-state index contributed by atoms with van der Waals surface area (Å²) in [4.78, 5) is 1.05. The summed E-state index contributed by atoms with van der Waals surface area (Å²) in [6.45, 7) is 4.10. The molecule has 0 radical (unpaired) electrons. The maximum atomic E-state index is 13.8. The topological polar surface area (TPSA) is 55.2 Å². The van der Waals surface area contributed by atoms with E-state index in [2.05, 4.69) is 5.10 Å². The fraction of sp³-hybridized carbons (Fsp3) is 0.174. The minimum atomic E-state index is -3.79. The van der Waals surface area contributed by atoms with Crippen LogP contribution in [0.25, 0.3) is 16.3 Å². The van der Waals surface area contributed by atoms with Crippen molar-refractivity contribution in [1.29, 1.82) is 0 Å². The molecular weight excluding hydrogens is 414 g/mol. The monoisotopic (exact) mass is 437 g/mol. The van der Waals surface area contributed by atoms with E-state index in [9.17, 15) is 8.42 Å². The van der Waals surface area contributed by atoms with Gasteiger partial charge in [0.2, 0.25) is 10.0 Å². The van der Waals surface area contributed by atoms with E-state index in [0.717, 1.165) is 16.1 Å². The van der Waals surface area contributed by atoms with E-state index in [1.807, 2.05) is 92.0 Å². The molecular formula is C23H23N3O2S2. The molecule has 0 saturated heterocycles. The van der Waals surface area contributed by atoms with Gasteiger partial charge >= 0.3 is 0 Å². The summed E-state index contributed by atoms with van der Waals surface area (Å²) >= 11 is 1.48. The first-order valence-electron chi connectivity index (χ1n) is 9.71. The Morgan fingerprint density at radius 2 is 1.63 bits per heavy atom. The minimum Gasteiger partial charge on any atom is -0.239 e. The van der Waals surface area contributed by atoms with Crippen LogP contribution >= 0.6 is 11.3 Å². The van der Waals surface area contributed by atoms with Crippen molar-refractivity contribution in [2.45, 2.75) is 31.3 Å². The molecule has 0 unspecified atom stereocenters. The molecule has 0 aliphatic carbocycles. The van der Waals surface area contributed by atoms with Crippen molar-refractivity contribution in [3.8, 4) is 16.3 Å². The van der Waals surface area contributed by atoms with Crippen molar-refractivity contribution in [1.82, 2.24) is 14.1 Å². The average Bonchev–Trinajstić information content (AvgIpc) is 3.43. The Morgan fingerprint density at radius 1 is 0.967 bits per heavy atom. The lowest BCUT2D eigenvalue weighted by Crippen LogP contribution is -2.36. The fourth-order valence-corrected chi connectivity index (χ4v) is 5.82. The van der Waals surface area contributed by atoms with Gasteiger partial charge in [-0.3, -0.25) is 0 Å². The Morgan fingerprint density at radius 3 is 2.23 bits per heavy atom.